The molecule has 3 atom stereocenters. The summed E-state index contributed by atoms with van der Waals surface area (Å²) in [5.41, 5.74) is 0. The minimum Gasteiger partial charge on any atom is -0.390 e. The van der Waals surface area contributed by atoms with E-state index in [0.717, 1.165) is 10.8 Å². The quantitative estimate of drug-likeness (QED) is 0.411. The molecule has 0 fully saturated rings. The molecule has 10 heavy (non-hydrogen) atoms. The minimum absolute atomic E-state index is 0.237. The molecule has 1 aliphatic rings. The molecule has 0 bridgehead atoms. The molecular weight excluding hydrogens is 243 g/mol. The van der Waals surface area contributed by atoms with Crippen LogP contribution in [-0.4, -0.2) is 26.8 Å². The molecule has 0 aliphatic heterocycles. The van der Waals surface area contributed by atoms with Crippen LogP contribution in [0.3, 0.4) is 0 Å². The Labute approximate surface area is 74.1 Å². The Kier molecular flexibility index (Phi) is 3.13. The second kappa shape index (κ2) is 3.69. The smallest absolute Gasteiger partial charge is 0.0983 e. The van der Waals surface area contributed by atoms with Crippen molar-refractivity contribution in [3.63, 3.8) is 0 Å². The first-order valence-electron chi connectivity index (χ1n) is 3.34. The fraction of sp³-hybridized carbons (Fsp3) is 0.714. The first-order valence-corrected chi connectivity index (χ1v) is 4.87. The number of allylic oxidation sites excluding steroid dienone is 1. The molecule has 0 aromatic rings. The lowest BCUT2D eigenvalue weighted by Gasteiger charge is -2.26. The highest BCUT2D eigenvalue weighted by Crippen LogP contribution is 2.21. The van der Waals surface area contributed by atoms with Gasteiger partial charge in [0.1, 0.15) is 0 Å². The lowest BCUT2D eigenvalue weighted by molar-refractivity contribution is 0.0101. The summed E-state index contributed by atoms with van der Waals surface area (Å²) < 4.78 is 0.903. The van der Waals surface area contributed by atoms with Crippen LogP contribution in [0.5, 0.6) is 0 Å². The lowest BCUT2D eigenvalue weighted by atomic mass is 9.91. The summed E-state index contributed by atoms with van der Waals surface area (Å²) in [7, 11) is 0. The van der Waals surface area contributed by atoms with Gasteiger partial charge in [-0.15, -0.1) is 0 Å². The zero-order valence-corrected chi connectivity index (χ0v) is 7.73. The molecule has 58 valence electrons. The van der Waals surface area contributed by atoms with Crippen LogP contribution < -0.4 is 0 Å². The minimum atomic E-state index is -0.645. The molecule has 0 radical (unpaired) electrons. The number of hydrogen-bond donors (Lipinski definition) is 2. The first-order chi connectivity index (χ1) is 4.75. The van der Waals surface area contributed by atoms with Crippen molar-refractivity contribution in [1.29, 1.82) is 0 Å². The van der Waals surface area contributed by atoms with Gasteiger partial charge in [-0.25, -0.2) is 0 Å². The average Bonchev–Trinajstić information content (AvgIpc) is 1.95. The zero-order valence-electron chi connectivity index (χ0n) is 5.57. The van der Waals surface area contributed by atoms with Crippen LogP contribution in [0.4, 0.5) is 0 Å². The van der Waals surface area contributed by atoms with Crippen molar-refractivity contribution in [3.8, 4) is 0 Å². The maximum absolute atomic E-state index is 9.33. The molecule has 3 heteroatoms. The standard InChI is InChI=1S/C7H11IO2/c8-4-5-2-1-3-6(9)7(5)10/h1,3,5-7,9-10H,2,4H2/t5?,6-,7+/m0/s1. The van der Waals surface area contributed by atoms with Crippen molar-refractivity contribution in [2.45, 2.75) is 18.6 Å². The Morgan fingerprint density at radius 2 is 2.20 bits per heavy atom. The van der Waals surface area contributed by atoms with Gasteiger partial charge in [-0.05, 0) is 6.42 Å². The summed E-state index contributed by atoms with van der Waals surface area (Å²) in [6.07, 6.45) is 3.28. The maximum Gasteiger partial charge on any atom is 0.0983 e. The van der Waals surface area contributed by atoms with Gasteiger partial charge in [0.25, 0.3) is 0 Å². The molecule has 0 spiro atoms. The van der Waals surface area contributed by atoms with Crippen LogP contribution in [0.1, 0.15) is 6.42 Å². The second-order valence-electron chi connectivity index (χ2n) is 2.56. The molecule has 0 heterocycles. The Balaban J connectivity index is 2.56. The summed E-state index contributed by atoms with van der Waals surface area (Å²) in [6, 6.07) is 0. The van der Waals surface area contributed by atoms with Gasteiger partial charge in [-0.1, -0.05) is 34.7 Å². The first kappa shape index (κ1) is 8.49. The van der Waals surface area contributed by atoms with Gasteiger partial charge >= 0.3 is 0 Å². The van der Waals surface area contributed by atoms with Crippen LogP contribution >= 0.6 is 22.6 Å². The highest BCUT2D eigenvalue weighted by atomic mass is 127. The molecule has 2 nitrogen and oxygen atoms in total. The number of rotatable bonds is 1. The van der Waals surface area contributed by atoms with Gasteiger partial charge in [0.2, 0.25) is 0 Å². The molecule has 0 saturated heterocycles. The number of halogens is 1. The van der Waals surface area contributed by atoms with E-state index in [0.29, 0.717) is 0 Å². The SMILES string of the molecule is O[C@@H]1C(CI)CC=C[C@@H]1O. The van der Waals surface area contributed by atoms with Crippen molar-refractivity contribution in [1.82, 2.24) is 0 Å². The fourth-order valence-corrected chi connectivity index (χ4v) is 1.96. The van der Waals surface area contributed by atoms with Crippen molar-refractivity contribution in [2.75, 3.05) is 4.43 Å². The van der Waals surface area contributed by atoms with Crippen LogP contribution in [-0.2, 0) is 0 Å². The molecule has 0 saturated carbocycles. The number of alkyl halides is 1. The van der Waals surface area contributed by atoms with Gasteiger partial charge in [0.05, 0.1) is 12.2 Å². The summed E-state index contributed by atoms with van der Waals surface area (Å²) >= 11 is 2.23. The monoisotopic (exact) mass is 254 g/mol. The molecule has 1 rings (SSSR count). The van der Waals surface area contributed by atoms with Gasteiger partial charge < -0.3 is 10.2 Å². The molecule has 0 amide bonds. The van der Waals surface area contributed by atoms with E-state index in [1.807, 2.05) is 6.08 Å². The van der Waals surface area contributed by atoms with Gasteiger partial charge in [0, 0.05) is 10.3 Å². The van der Waals surface area contributed by atoms with E-state index in [1.165, 1.54) is 0 Å². The third kappa shape index (κ3) is 1.71. The highest BCUT2D eigenvalue weighted by Gasteiger charge is 2.25. The molecule has 0 aromatic carbocycles. The Morgan fingerprint density at radius 1 is 1.50 bits per heavy atom. The van der Waals surface area contributed by atoms with Crippen molar-refractivity contribution in [3.05, 3.63) is 12.2 Å². The van der Waals surface area contributed by atoms with E-state index in [1.54, 1.807) is 6.08 Å². The molecule has 1 unspecified atom stereocenters. The molecular formula is C7H11IO2. The van der Waals surface area contributed by atoms with Crippen LogP contribution in [0.15, 0.2) is 12.2 Å². The van der Waals surface area contributed by atoms with E-state index in [-0.39, 0.29) is 5.92 Å². The Morgan fingerprint density at radius 3 is 2.70 bits per heavy atom. The van der Waals surface area contributed by atoms with Gasteiger partial charge in [-0.3, -0.25) is 0 Å². The van der Waals surface area contributed by atoms with Gasteiger partial charge in [-0.2, -0.15) is 0 Å². The number of aliphatic hydroxyl groups is 2. The summed E-state index contributed by atoms with van der Waals surface area (Å²) in [4.78, 5) is 0. The van der Waals surface area contributed by atoms with E-state index in [2.05, 4.69) is 22.6 Å². The third-order valence-corrected chi connectivity index (χ3v) is 2.93. The molecule has 1 aliphatic carbocycles. The second-order valence-corrected chi connectivity index (χ2v) is 3.44. The van der Waals surface area contributed by atoms with E-state index < -0.39 is 12.2 Å². The number of aliphatic hydroxyl groups excluding tert-OH is 2. The topological polar surface area (TPSA) is 40.5 Å². The normalized spacial score (nSPS) is 40.1. The summed E-state index contributed by atoms with van der Waals surface area (Å²) in [5.74, 6) is 0.237. The predicted molar refractivity (Wildman–Crippen MR) is 48.1 cm³/mol. The van der Waals surface area contributed by atoms with E-state index in [9.17, 15) is 5.11 Å². The van der Waals surface area contributed by atoms with E-state index in [4.69, 9.17) is 5.11 Å². The van der Waals surface area contributed by atoms with E-state index >= 15 is 0 Å². The predicted octanol–water partition coefficient (Wildman–Crippen LogP) is 0.719. The summed E-state index contributed by atoms with van der Waals surface area (Å²) in [6.45, 7) is 0. The maximum atomic E-state index is 9.33. The summed E-state index contributed by atoms with van der Waals surface area (Å²) in [5, 5.41) is 18.5. The average molecular weight is 254 g/mol. The van der Waals surface area contributed by atoms with Crippen molar-refractivity contribution in [2.24, 2.45) is 5.92 Å². The highest BCUT2D eigenvalue weighted by molar-refractivity contribution is 14.1. The Bertz CT molecular complexity index is 136. The van der Waals surface area contributed by atoms with Crippen molar-refractivity contribution >= 4 is 22.6 Å². The molecule has 2 N–H and O–H groups in total. The van der Waals surface area contributed by atoms with Gasteiger partial charge in [0.15, 0.2) is 0 Å². The van der Waals surface area contributed by atoms with Crippen LogP contribution in [0, 0.1) is 5.92 Å². The third-order valence-electron chi connectivity index (χ3n) is 1.80. The van der Waals surface area contributed by atoms with Crippen LogP contribution in [0.2, 0.25) is 0 Å². The lowest BCUT2D eigenvalue weighted by Crippen LogP contribution is -2.35. The van der Waals surface area contributed by atoms with Crippen molar-refractivity contribution < 1.29 is 10.2 Å². The molecule has 0 aromatic heterocycles. The fourth-order valence-electron chi connectivity index (χ4n) is 1.08. The number of hydrogen-bond acceptors (Lipinski definition) is 2. The largest absolute Gasteiger partial charge is 0.390 e. The van der Waals surface area contributed by atoms with Crippen LogP contribution in [0.25, 0.3) is 0 Å². The Hall–Kier alpha value is 0.390. The zero-order chi connectivity index (χ0) is 7.56.